The second kappa shape index (κ2) is 15.9. The van der Waals surface area contributed by atoms with E-state index in [0.717, 1.165) is 4.90 Å². The van der Waals surface area contributed by atoms with Crippen molar-refractivity contribution in [3.05, 3.63) is 0 Å². The Labute approximate surface area is 185 Å². The number of aliphatic carboxylic acids is 5. The van der Waals surface area contributed by atoms with Crippen LogP contribution < -0.4 is 0 Å². The van der Waals surface area contributed by atoms with Gasteiger partial charge in [0.05, 0.1) is 32.7 Å². The van der Waals surface area contributed by atoms with E-state index in [-0.39, 0.29) is 45.8 Å². The molecule has 14 nitrogen and oxygen atoms in total. The first-order chi connectivity index (χ1) is 14.9. The number of likely N-dealkylation sites (N-methyl/N-ethyl adjacent to an activating group) is 1. The molecule has 32 heavy (non-hydrogen) atoms. The molecule has 0 aliphatic rings. The van der Waals surface area contributed by atoms with Gasteiger partial charge < -0.3 is 25.5 Å². The molecule has 0 amide bonds. The largest absolute Gasteiger partial charge is 0.480 e. The summed E-state index contributed by atoms with van der Waals surface area (Å²) >= 11 is 0. The quantitative estimate of drug-likeness (QED) is 0.128. The highest BCUT2D eigenvalue weighted by atomic mass is 16.4. The molecule has 0 aromatic carbocycles. The normalized spacial score (nSPS) is 11.4. The van der Waals surface area contributed by atoms with Crippen molar-refractivity contribution in [2.24, 2.45) is 0 Å². The van der Waals surface area contributed by atoms with Crippen molar-refractivity contribution in [1.29, 1.82) is 0 Å². The number of carboxylic acid groups (broad SMARTS) is 5. The molecule has 0 aromatic heterocycles. The zero-order valence-electron chi connectivity index (χ0n) is 18.1. The Hall–Kier alpha value is -2.81. The third-order valence-electron chi connectivity index (χ3n) is 4.44. The molecule has 0 heterocycles. The van der Waals surface area contributed by atoms with E-state index < -0.39 is 49.5 Å². The van der Waals surface area contributed by atoms with Crippen LogP contribution in [0.2, 0.25) is 0 Å². The first-order valence-corrected chi connectivity index (χ1v) is 9.91. The van der Waals surface area contributed by atoms with Gasteiger partial charge in [-0.15, -0.1) is 0 Å². The van der Waals surface area contributed by atoms with Gasteiger partial charge in [0.2, 0.25) is 0 Å². The molecule has 0 fully saturated rings. The zero-order valence-corrected chi connectivity index (χ0v) is 18.1. The highest BCUT2D eigenvalue weighted by Crippen LogP contribution is 1.98. The predicted octanol–water partition coefficient (Wildman–Crippen LogP) is -2.36. The molecule has 0 saturated carbocycles. The summed E-state index contributed by atoms with van der Waals surface area (Å²) < 4.78 is 0. The molecule has 0 saturated heterocycles. The molecule has 14 heteroatoms. The topological polar surface area (TPSA) is 199 Å². The summed E-state index contributed by atoms with van der Waals surface area (Å²) in [5.74, 6) is -5.67. The Balaban J connectivity index is 4.99. The van der Waals surface area contributed by atoms with Crippen LogP contribution in [0.3, 0.4) is 0 Å². The van der Waals surface area contributed by atoms with Gasteiger partial charge in [0.15, 0.2) is 0 Å². The van der Waals surface area contributed by atoms with Crippen LogP contribution >= 0.6 is 0 Å². The van der Waals surface area contributed by atoms with Gasteiger partial charge in [0.1, 0.15) is 0 Å². The lowest BCUT2D eigenvalue weighted by molar-refractivity contribution is -0.143. The number of carboxylic acids is 5. The summed E-state index contributed by atoms with van der Waals surface area (Å²) in [6.45, 7) is 1.21. The molecule has 0 unspecified atom stereocenters. The highest BCUT2D eigenvalue weighted by molar-refractivity contribution is 5.72. The SMILES string of the molecule is CCN(CCN(CCN(CCN(CC(=O)O)CC(=O)O)CC(=O)O)CC(=O)O)CC(=O)O. The van der Waals surface area contributed by atoms with Gasteiger partial charge in [-0.3, -0.25) is 43.6 Å². The highest BCUT2D eigenvalue weighted by Gasteiger charge is 2.19. The summed E-state index contributed by atoms with van der Waals surface area (Å²) in [7, 11) is 0. The molecule has 0 aromatic rings. The second-order valence-electron chi connectivity index (χ2n) is 7.10. The molecule has 0 rings (SSSR count). The van der Waals surface area contributed by atoms with Crippen LogP contribution in [0.25, 0.3) is 0 Å². The molecule has 0 aliphatic heterocycles. The first kappa shape index (κ1) is 29.2. The van der Waals surface area contributed by atoms with Crippen molar-refractivity contribution < 1.29 is 49.5 Å². The minimum Gasteiger partial charge on any atom is -0.480 e. The molecule has 0 atom stereocenters. The minimum absolute atomic E-state index is 0.00691. The van der Waals surface area contributed by atoms with Gasteiger partial charge in [-0.05, 0) is 6.54 Å². The summed E-state index contributed by atoms with van der Waals surface area (Å²) in [5.41, 5.74) is 0. The standard InChI is InChI=1S/C18H32N4O10/c1-2-19(9-14(23)24)3-4-20(10-15(25)26)5-6-21(11-16(27)28)7-8-22(12-17(29)30)13-18(31)32/h2-13H2,1H3,(H,23,24)(H,25,26)(H,27,28)(H,29,30)(H,31,32). The maximum absolute atomic E-state index is 11.2. The second-order valence-corrected chi connectivity index (χ2v) is 7.10. The lowest BCUT2D eigenvalue weighted by Crippen LogP contribution is -2.46. The zero-order chi connectivity index (χ0) is 24.7. The first-order valence-electron chi connectivity index (χ1n) is 9.91. The van der Waals surface area contributed by atoms with E-state index in [1.165, 1.54) is 4.90 Å². The monoisotopic (exact) mass is 464 g/mol. The van der Waals surface area contributed by atoms with Crippen LogP contribution in [0.1, 0.15) is 6.92 Å². The smallest absolute Gasteiger partial charge is 0.317 e. The molecule has 184 valence electrons. The molecule has 0 bridgehead atoms. The number of carbonyl (C=O) groups is 5. The number of hydrogen-bond donors (Lipinski definition) is 5. The number of hydrogen-bond acceptors (Lipinski definition) is 9. The van der Waals surface area contributed by atoms with E-state index in [2.05, 4.69) is 0 Å². The Bertz CT molecular complexity index is 629. The Kier molecular flexibility index (Phi) is 14.5. The van der Waals surface area contributed by atoms with Gasteiger partial charge in [0.25, 0.3) is 0 Å². The summed E-state index contributed by atoms with van der Waals surface area (Å²) in [6, 6.07) is 0. The van der Waals surface area contributed by atoms with Crippen molar-refractivity contribution in [2.45, 2.75) is 6.92 Å². The van der Waals surface area contributed by atoms with E-state index in [9.17, 15) is 24.0 Å². The van der Waals surface area contributed by atoms with E-state index in [1.807, 2.05) is 0 Å². The third kappa shape index (κ3) is 16.0. The van der Waals surface area contributed by atoms with Crippen molar-refractivity contribution in [2.75, 3.05) is 78.5 Å². The molecular weight excluding hydrogens is 432 g/mol. The van der Waals surface area contributed by atoms with Crippen LogP contribution in [0, 0.1) is 0 Å². The van der Waals surface area contributed by atoms with Crippen LogP contribution in [-0.4, -0.2) is 154 Å². The molecule has 0 aliphatic carbocycles. The van der Waals surface area contributed by atoms with Crippen molar-refractivity contribution in [3.63, 3.8) is 0 Å². The number of rotatable bonds is 20. The fraction of sp³-hybridized carbons (Fsp3) is 0.722. The molecular formula is C18H32N4O10. The Morgan fingerprint density at radius 3 is 0.938 bits per heavy atom. The van der Waals surface area contributed by atoms with Gasteiger partial charge in [-0.2, -0.15) is 0 Å². The predicted molar refractivity (Wildman–Crippen MR) is 110 cm³/mol. The Morgan fingerprint density at radius 1 is 0.438 bits per heavy atom. The van der Waals surface area contributed by atoms with Gasteiger partial charge >= 0.3 is 29.8 Å². The van der Waals surface area contributed by atoms with Gasteiger partial charge in [0, 0.05) is 39.3 Å². The summed E-state index contributed by atoms with van der Waals surface area (Å²) in [4.78, 5) is 60.8. The number of nitrogens with zero attached hydrogens (tertiary/aromatic N) is 4. The minimum atomic E-state index is -1.22. The van der Waals surface area contributed by atoms with Crippen molar-refractivity contribution in [1.82, 2.24) is 19.6 Å². The molecule has 5 N–H and O–H groups in total. The molecule has 0 spiro atoms. The van der Waals surface area contributed by atoms with Crippen LogP contribution in [0.5, 0.6) is 0 Å². The van der Waals surface area contributed by atoms with Gasteiger partial charge in [-0.25, -0.2) is 0 Å². The average Bonchev–Trinajstić information content (AvgIpc) is 2.64. The van der Waals surface area contributed by atoms with Crippen molar-refractivity contribution in [3.8, 4) is 0 Å². The fourth-order valence-electron chi connectivity index (χ4n) is 2.91. The fourth-order valence-corrected chi connectivity index (χ4v) is 2.91. The Morgan fingerprint density at radius 2 is 0.656 bits per heavy atom. The molecule has 0 radical (unpaired) electrons. The summed E-state index contributed by atoms with van der Waals surface area (Å²) in [5, 5.41) is 45.0. The maximum Gasteiger partial charge on any atom is 0.317 e. The van der Waals surface area contributed by atoms with Crippen LogP contribution in [0.4, 0.5) is 0 Å². The maximum atomic E-state index is 11.2. The van der Waals surface area contributed by atoms with E-state index in [1.54, 1.807) is 16.7 Å². The van der Waals surface area contributed by atoms with Crippen LogP contribution in [0.15, 0.2) is 0 Å². The van der Waals surface area contributed by atoms with E-state index in [0.29, 0.717) is 13.1 Å². The average molecular weight is 464 g/mol. The van der Waals surface area contributed by atoms with Crippen LogP contribution in [-0.2, 0) is 24.0 Å². The lowest BCUT2D eigenvalue weighted by atomic mass is 10.3. The van der Waals surface area contributed by atoms with Crippen molar-refractivity contribution >= 4 is 29.8 Å². The van der Waals surface area contributed by atoms with E-state index in [4.69, 9.17) is 25.5 Å². The third-order valence-corrected chi connectivity index (χ3v) is 4.44. The summed E-state index contributed by atoms with van der Waals surface area (Å²) in [6.07, 6.45) is 0. The van der Waals surface area contributed by atoms with E-state index >= 15 is 0 Å². The van der Waals surface area contributed by atoms with Gasteiger partial charge in [-0.1, -0.05) is 6.92 Å². The lowest BCUT2D eigenvalue weighted by Gasteiger charge is -2.29.